The van der Waals surface area contributed by atoms with Gasteiger partial charge in [-0.3, -0.25) is 4.79 Å². The van der Waals surface area contributed by atoms with Gasteiger partial charge in [-0.25, -0.2) is 4.98 Å². The number of carbonyl (C=O) groups is 1. The van der Waals surface area contributed by atoms with E-state index in [1.54, 1.807) is 0 Å². The van der Waals surface area contributed by atoms with Gasteiger partial charge in [0.25, 0.3) is 0 Å². The summed E-state index contributed by atoms with van der Waals surface area (Å²) in [5.41, 5.74) is -4.16. The van der Waals surface area contributed by atoms with Crippen LogP contribution < -0.4 is 0 Å². The standard InChI is InChI=1S/C9H5F6NO/c1-4(17)5-2-6(8(10,11)12)16-7(3-5)9(13,14)15/h2-3H,1H3. The van der Waals surface area contributed by atoms with Gasteiger partial charge in [-0.05, 0) is 19.1 Å². The molecule has 0 aliphatic carbocycles. The van der Waals surface area contributed by atoms with Gasteiger partial charge in [0.15, 0.2) is 5.78 Å². The number of pyridine rings is 1. The van der Waals surface area contributed by atoms with Crippen LogP contribution in [0.15, 0.2) is 12.1 Å². The van der Waals surface area contributed by atoms with Crippen LogP contribution in [0.25, 0.3) is 0 Å². The monoisotopic (exact) mass is 257 g/mol. The zero-order valence-electron chi connectivity index (χ0n) is 8.28. The van der Waals surface area contributed by atoms with E-state index in [0.29, 0.717) is 0 Å². The predicted molar refractivity (Wildman–Crippen MR) is 44.2 cm³/mol. The average molecular weight is 257 g/mol. The molecule has 0 saturated heterocycles. The topological polar surface area (TPSA) is 30.0 Å². The van der Waals surface area contributed by atoms with Gasteiger partial charge in [-0.2, -0.15) is 26.3 Å². The molecule has 0 unspecified atom stereocenters. The lowest BCUT2D eigenvalue weighted by atomic mass is 10.1. The van der Waals surface area contributed by atoms with E-state index < -0.39 is 35.1 Å². The summed E-state index contributed by atoms with van der Waals surface area (Å²) in [5, 5.41) is 0. The molecule has 17 heavy (non-hydrogen) atoms. The van der Waals surface area contributed by atoms with Crippen LogP contribution in [0, 0.1) is 0 Å². The van der Waals surface area contributed by atoms with Crippen molar-refractivity contribution in [2.45, 2.75) is 19.3 Å². The second-order valence-corrected chi connectivity index (χ2v) is 3.18. The van der Waals surface area contributed by atoms with Crippen molar-refractivity contribution < 1.29 is 31.1 Å². The summed E-state index contributed by atoms with van der Waals surface area (Å²) in [6, 6.07) is 0.579. The van der Waals surface area contributed by atoms with Crippen molar-refractivity contribution in [3.05, 3.63) is 29.1 Å². The molecule has 1 rings (SSSR count). The molecule has 1 heterocycles. The van der Waals surface area contributed by atoms with Crippen molar-refractivity contribution in [3.8, 4) is 0 Å². The van der Waals surface area contributed by atoms with Crippen LogP contribution in [0.2, 0.25) is 0 Å². The number of halogens is 6. The molecule has 0 atom stereocenters. The van der Waals surface area contributed by atoms with Crippen LogP contribution in [-0.4, -0.2) is 10.8 Å². The summed E-state index contributed by atoms with van der Waals surface area (Å²) in [6.45, 7) is 0.871. The summed E-state index contributed by atoms with van der Waals surface area (Å²) in [6.07, 6.45) is -10.1. The molecule has 2 nitrogen and oxygen atoms in total. The molecule has 0 aliphatic rings. The van der Waals surface area contributed by atoms with Crippen LogP contribution in [0.3, 0.4) is 0 Å². The maximum absolute atomic E-state index is 12.3. The van der Waals surface area contributed by atoms with Crippen molar-refractivity contribution in [1.82, 2.24) is 4.98 Å². The second kappa shape index (κ2) is 4.01. The van der Waals surface area contributed by atoms with Crippen molar-refractivity contribution in [1.29, 1.82) is 0 Å². The third kappa shape index (κ3) is 3.18. The van der Waals surface area contributed by atoms with Crippen molar-refractivity contribution in [2.75, 3.05) is 0 Å². The van der Waals surface area contributed by atoms with Gasteiger partial charge < -0.3 is 0 Å². The van der Waals surface area contributed by atoms with E-state index in [4.69, 9.17) is 0 Å². The van der Waals surface area contributed by atoms with Gasteiger partial charge >= 0.3 is 12.4 Å². The van der Waals surface area contributed by atoms with E-state index in [-0.39, 0.29) is 12.1 Å². The first-order chi connectivity index (χ1) is 7.51. The Bertz CT molecular complexity index is 416. The smallest absolute Gasteiger partial charge is 0.295 e. The lowest BCUT2D eigenvalue weighted by Gasteiger charge is -2.11. The summed E-state index contributed by atoms with van der Waals surface area (Å²) < 4.78 is 73.5. The summed E-state index contributed by atoms with van der Waals surface area (Å²) in [5.74, 6) is -0.900. The number of ketones is 1. The lowest BCUT2D eigenvalue weighted by Crippen LogP contribution is -2.16. The SMILES string of the molecule is CC(=O)c1cc(C(F)(F)F)nc(C(F)(F)F)c1. The Balaban J connectivity index is 3.45. The summed E-state index contributed by atoms with van der Waals surface area (Å²) in [4.78, 5) is 13.3. The number of aromatic nitrogens is 1. The highest BCUT2D eigenvalue weighted by Crippen LogP contribution is 2.33. The highest BCUT2D eigenvalue weighted by atomic mass is 19.4. The van der Waals surface area contributed by atoms with Gasteiger partial charge in [-0.1, -0.05) is 0 Å². The Morgan fingerprint density at radius 3 is 1.59 bits per heavy atom. The zero-order chi connectivity index (χ0) is 13.4. The van der Waals surface area contributed by atoms with Gasteiger partial charge in [0.05, 0.1) is 0 Å². The maximum atomic E-state index is 12.3. The third-order valence-electron chi connectivity index (χ3n) is 1.81. The molecule has 1 aromatic rings. The minimum absolute atomic E-state index is 0.289. The van der Waals surface area contributed by atoms with E-state index in [9.17, 15) is 31.1 Å². The highest BCUT2D eigenvalue weighted by Gasteiger charge is 2.39. The van der Waals surface area contributed by atoms with Crippen LogP contribution in [0.5, 0.6) is 0 Å². The number of rotatable bonds is 1. The second-order valence-electron chi connectivity index (χ2n) is 3.18. The number of Topliss-reactive ketones (excluding diaryl/α,β-unsaturated/α-hetero) is 1. The molecule has 0 spiro atoms. The van der Waals surface area contributed by atoms with Crippen LogP contribution in [-0.2, 0) is 12.4 Å². The summed E-state index contributed by atoms with van der Waals surface area (Å²) >= 11 is 0. The first-order valence-corrected chi connectivity index (χ1v) is 4.19. The van der Waals surface area contributed by atoms with Gasteiger partial charge in [-0.15, -0.1) is 0 Å². The molecular formula is C9H5F6NO. The zero-order valence-corrected chi connectivity index (χ0v) is 8.28. The minimum atomic E-state index is -5.04. The molecule has 0 saturated carbocycles. The molecule has 0 amide bonds. The Hall–Kier alpha value is -1.60. The molecule has 0 fully saturated rings. The number of hydrogen-bond donors (Lipinski definition) is 0. The fraction of sp³-hybridized carbons (Fsp3) is 0.333. The van der Waals surface area contributed by atoms with E-state index >= 15 is 0 Å². The Morgan fingerprint density at radius 2 is 1.35 bits per heavy atom. The van der Waals surface area contributed by atoms with E-state index in [0.717, 1.165) is 6.92 Å². The number of hydrogen-bond acceptors (Lipinski definition) is 2. The molecule has 0 bridgehead atoms. The molecule has 0 radical (unpaired) electrons. The van der Waals surface area contributed by atoms with Crippen LogP contribution in [0.1, 0.15) is 28.7 Å². The molecule has 1 aromatic heterocycles. The highest BCUT2D eigenvalue weighted by molar-refractivity contribution is 5.94. The normalized spacial score (nSPS) is 12.6. The quantitative estimate of drug-likeness (QED) is 0.570. The molecule has 94 valence electrons. The van der Waals surface area contributed by atoms with E-state index in [1.807, 2.05) is 0 Å². The van der Waals surface area contributed by atoms with Crippen LogP contribution >= 0.6 is 0 Å². The fourth-order valence-corrected chi connectivity index (χ4v) is 1.02. The first kappa shape index (κ1) is 13.5. The van der Waals surface area contributed by atoms with Crippen molar-refractivity contribution in [2.24, 2.45) is 0 Å². The molecule has 0 N–H and O–H groups in total. The fourth-order valence-electron chi connectivity index (χ4n) is 1.02. The Labute approximate surface area is 91.3 Å². The number of carbonyl (C=O) groups excluding carboxylic acids is 1. The number of nitrogens with zero attached hydrogens (tertiary/aromatic N) is 1. The minimum Gasteiger partial charge on any atom is -0.295 e. The largest absolute Gasteiger partial charge is 0.433 e. The van der Waals surface area contributed by atoms with E-state index in [1.165, 1.54) is 0 Å². The average Bonchev–Trinajstić information content (AvgIpc) is 2.14. The van der Waals surface area contributed by atoms with Gasteiger partial charge in [0, 0.05) is 5.56 Å². The third-order valence-corrected chi connectivity index (χ3v) is 1.81. The van der Waals surface area contributed by atoms with Gasteiger partial charge in [0.1, 0.15) is 11.4 Å². The summed E-state index contributed by atoms with van der Waals surface area (Å²) in [7, 11) is 0. The first-order valence-electron chi connectivity index (χ1n) is 4.19. The molecule has 8 heteroatoms. The number of alkyl halides is 6. The van der Waals surface area contributed by atoms with Gasteiger partial charge in [0.2, 0.25) is 0 Å². The molecule has 0 aromatic carbocycles. The van der Waals surface area contributed by atoms with E-state index in [2.05, 4.69) is 4.98 Å². The van der Waals surface area contributed by atoms with Crippen molar-refractivity contribution in [3.63, 3.8) is 0 Å². The predicted octanol–water partition coefficient (Wildman–Crippen LogP) is 3.32. The maximum Gasteiger partial charge on any atom is 0.433 e. The molecule has 0 aliphatic heterocycles. The lowest BCUT2D eigenvalue weighted by molar-refractivity contribution is -0.150. The Morgan fingerprint density at radius 1 is 1.00 bits per heavy atom. The van der Waals surface area contributed by atoms with Crippen LogP contribution in [0.4, 0.5) is 26.3 Å². The van der Waals surface area contributed by atoms with Crippen molar-refractivity contribution >= 4 is 5.78 Å². The Kier molecular flexibility index (Phi) is 3.17. The molecular weight excluding hydrogens is 252 g/mol.